The second-order valence-electron chi connectivity index (χ2n) is 5.75. The van der Waals surface area contributed by atoms with E-state index in [4.69, 9.17) is 23.2 Å². The molecule has 0 saturated carbocycles. The lowest BCUT2D eigenvalue weighted by atomic mass is 10.1. The number of para-hydroxylation sites is 2. The van der Waals surface area contributed by atoms with Crippen LogP contribution in [0.4, 0.5) is 5.69 Å². The molecular weight excluding hydrogens is 373 g/mol. The van der Waals surface area contributed by atoms with Gasteiger partial charge in [-0.1, -0.05) is 35.3 Å². The molecule has 2 aromatic carbocycles. The first-order valence-electron chi connectivity index (χ1n) is 7.81. The minimum atomic E-state index is -0.188. The van der Waals surface area contributed by atoms with Crippen molar-refractivity contribution in [2.75, 3.05) is 5.32 Å². The summed E-state index contributed by atoms with van der Waals surface area (Å²) in [5.41, 5.74) is 3.08. The molecule has 26 heavy (non-hydrogen) atoms. The van der Waals surface area contributed by atoms with E-state index in [1.54, 1.807) is 35.3 Å². The van der Waals surface area contributed by atoms with Crippen LogP contribution in [0.2, 0.25) is 10.0 Å². The summed E-state index contributed by atoms with van der Waals surface area (Å²) in [6.07, 6.45) is 3.42. The van der Waals surface area contributed by atoms with Crippen molar-refractivity contribution >= 4 is 45.8 Å². The highest BCUT2D eigenvalue weighted by Crippen LogP contribution is 2.20. The van der Waals surface area contributed by atoms with E-state index in [0.717, 1.165) is 16.6 Å². The molecule has 0 saturated heterocycles. The maximum atomic E-state index is 12.2. The van der Waals surface area contributed by atoms with Gasteiger partial charge in [-0.3, -0.25) is 4.79 Å². The van der Waals surface area contributed by atoms with E-state index in [2.05, 4.69) is 20.4 Å². The topological polar surface area (TPSA) is 75.6 Å². The SMILES string of the molecule is O=C(Cc1cc(Cl)cc(Cl)c1)Nc1cnn(-c2nc3ccccc3[nH]2)c1. The summed E-state index contributed by atoms with van der Waals surface area (Å²) < 4.78 is 1.58. The zero-order valence-corrected chi connectivity index (χ0v) is 14.9. The van der Waals surface area contributed by atoms with Crippen molar-refractivity contribution in [3.05, 3.63) is 70.5 Å². The molecule has 0 fully saturated rings. The highest BCUT2D eigenvalue weighted by molar-refractivity contribution is 6.34. The van der Waals surface area contributed by atoms with E-state index < -0.39 is 0 Å². The number of hydrogen-bond acceptors (Lipinski definition) is 3. The molecule has 4 aromatic rings. The highest BCUT2D eigenvalue weighted by atomic mass is 35.5. The second-order valence-corrected chi connectivity index (χ2v) is 6.63. The minimum absolute atomic E-state index is 0.163. The Morgan fingerprint density at radius 2 is 1.92 bits per heavy atom. The molecule has 2 aromatic heterocycles. The smallest absolute Gasteiger partial charge is 0.229 e. The number of nitrogens with zero attached hydrogens (tertiary/aromatic N) is 3. The number of aromatic amines is 1. The summed E-state index contributed by atoms with van der Waals surface area (Å²) in [5.74, 6) is 0.390. The van der Waals surface area contributed by atoms with Gasteiger partial charge in [0.15, 0.2) is 0 Å². The molecule has 2 heterocycles. The largest absolute Gasteiger partial charge is 0.323 e. The van der Waals surface area contributed by atoms with Gasteiger partial charge in [-0.05, 0) is 35.9 Å². The third-order valence-electron chi connectivity index (χ3n) is 3.75. The molecule has 8 heteroatoms. The molecule has 1 amide bonds. The van der Waals surface area contributed by atoms with Crippen molar-refractivity contribution in [2.45, 2.75) is 6.42 Å². The zero-order valence-electron chi connectivity index (χ0n) is 13.4. The van der Waals surface area contributed by atoms with Crippen molar-refractivity contribution in [1.29, 1.82) is 0 Å². The normalized spacial score (nSPS) is 11.0. The number of H-pyrrole nitrogens is 1. The number of imidazole rings is 1. The summed E-state index contributed by atoms with van der Waals surface area (Å²) >= 11 is 11.9. The van der Waals surface area contributed by atoms with Crippen LogP contribution < -0.4 is 5.32 Å². The third-order valence-corrected chi connectivity index (χ3v) is 4.18. The van der Waals surface area contributed by atoms with Crippen molar-refractivity contribution in [3.8, 4) is 5.95 Å². The van der Waals surface area contributed by atoms with Gasteiger partial charge in [0.2, 0.25) is 11.9 Å². The van der Waals surface area contributed by atoms with E-state index >= 15 is 0 Å². The van der Waals surface area contributed by atoms with Crippen LogP contribution in [0.5, 0.6) is 0 Å². The van der Waals surface area contributed by atoms with Gasteiger partial charge in [0.1, 0.15) is 0 Å². The molecule has 130 valence electrons. The standard InChI is InChI=1S/C18H13Cl2N5O/c19-12-5-11(6-13(20)8-12)7-17(26)22-14-9-21-25(10-14)18-23-15-3-1-2-4-16(15)24-18/h1-6,8-10H,7H2,(H,22,26)(H,23,24). The first-order valence-corrected chi connectivity index (χ1v) is 8.57. The van der Waals surface area contributed by atoms with Crippen molar-refractivity contribution in [2.24, 2.45) is 0 Å². The number of rotatable bonds is 4. The number of nitrogens with one attached hydrogen (secondary N) is 2. The fourth-order valence-electron chi connectivity index (χ4n) is 2.65. The molecule has 0 unspecified atom stereocenters. The van der Waals surface area contributed by atoms with Gasteiger partial charge in [0, 0.05) is 10.0 Å². The Bertz CT molecular complexity index is 1050. The first-order chi connectivity index (χ1) is 12.6. The number of fused-ring (bicyclic) bond motifs is 1. The van der Waals surface area contributed by atoms with Crippen molar-refractivity contribution in [1.82, 2.24) is 19.7 Å². The Labute approximate surface area is 158 Å². The van der Waals surface area contributed by atoms with E-state index in [-0.39, 0.29) is 12.3 Å². The molecular formula is C18H13Cl2N5O. The van der Waals surface area contributed by atoms with Gasteiger partial charge in [0.25, 0.3) is 0 Å². The van der Waals surface area contributed by atoms with Crippen LogP contribution in [-0.2, 0) is 11.2 Å². The van der Waals surface area contributed by atoms with Gasteiger partial charge in [-0.2, -0.15) is 5.10 Å². The van der Waals surface area contributed by atoms with Gasteiger partial charge in [0.05, 0.1) is 35.5 Å². The Balaban J connectivity index is 1.48. The molecule has 4 rings (SSSR count). The molecule has 0 spiro atoms. The molecule has 6 nitrogen and oxygen atoms in total. The maximum absolute atomic E-state index is 12.2. The Morgan fingerprint density at radius 3 is 2.69 bits per heavy atom. The van der Waals surface area contributed by atoms with Gasteiger partial charge < -0.3 is 10.3 Å². The first kappa shape index (κ1) is 16.6. The number of aromatic nitrogens is 4. The molecule has 0 bridgehead atoms. The van der Waals surface area contributed by atoms with Crippen LogP contribution in [-0.4, -0.2) is 25.7 Å². The average Bonchev–Trinajstić information content (AvgIpc) is 3.19. The summed E-state index contributed by atoms with van der Waals surface area (Å²) in [6, 6.07) is 12.8. The summed E-state index contributed by atoms with van der Waals surface area (Å²) in [5, 5.41) is 8.04. The Hall–Kier alpha value is -2.83. The number of carbonyl (C=O) groups is 1. The zero-order chi connectivity index (χ0) is 18.1. The molecule has 2 N–H and O–H groups in total. The molecule has 0 radical (unpaired) electrons. The quantitative estimate of drug-likeness (QED) is 0.551. The number of carbonyl (C=O) groups excluding carboxylic acids is 1. The third kappa shape index (κ3) is 3.56. The fraction of sp³-hybridized carbons (Fsp3) is 0.0556. The molecule has 0 atom stereocenters. The second kappa shape index (κ2) is 6.82. The number of benzene rings is 2. The van der Waals surface area contributed by atoms with Crippen molar-refractivity contribution < 1.29 is 4.79 Å². The molecule has 0 aliphatic carbocycles. The number of amides is 1. The number of halogens is 2. The van der Waals surface area contributed by atoms with Gasteiger partial charge in [-0.25, -0.2) is 9.67 Å². The number of anilines is 1. The van der Waals surface area contributed by atoms with Crippen molar-refractivity contribution in [3.63, 3.8) is 0 Å². The van der Waals surface area contributed by atoms with Crippen LogP contribution in [0.3, 0.4) is 0 Å². The van der Waals surface area contributed by atoms with Crippen LogP contribution in [0.15, 0.2) is 54.9 Å². The molecule has 0 aliphatic rings. The Morgan fingerprint density at radius 1 is 1.15 bits per heavy atom. The Kier molecular flexibility index (Phi) is 4.36. The minimum Gasteiger partial charge on any atom is -0.323 e. The van der Waals surface area contributed by atoms with E-state index in [1.807, 2.05) is 24.3 Å². The van der Waals surface area contributed by atoms with Crippen LogP contribution in [0, 0.1) is 0 Å². The van der Waals surface area contributed by atoms with Gasteiger partial charge in [-0.15, -0.1) is 0 Å². The van der Waals surface area contributed by atoms with Crippen LogP contribution >= 0.6 is 23.2 Å². The molecule has 0 aliphatic heterocycles. The van der Waals surface area contributed by atoms with Gasteiger partial charge >= 0.3 is 0 Å². The fourth-order valence-corrected chi connectivity index (χ4v) is 3.23. The lowest BCUT2D eigenvalue weighted by Crippen LogP contribution is -2.14. The van der Waals surface area contributed by atoms with E-state index in [1.165, 1.54) is 0 Å². The van der Waals surface area contributed by atoms with E-state index in [0.29, 0.717) is 21.7 Å². The number of hydrogen-bond donors (Lipinski definition) is 2. The average molecular weight is 386 g/mol. The highest BCUT2D eigenvalue weighted by Gasteiger charge is 2.10. The lowest BCUT2D eigenvalue weighted by molar-refractivity contribution is -0.115. The summed E-state index contributed by atoms with van der Waals surface area (Å²) in [7, 11) is 0. The predicted molar refractivity (Wildman–Crippen MR) is 102 cm³/mol. The van der Waals surface area contributed by atoms with Crippen LogP contribution in [0.25, 0.3) is 17.0 Å². The van der Waals surface area contributed by atoms with Crippen LogP contribution in [0.1, 0.15) is 5.56 Å². The predicted octanol–water partition coefficient (Wildman–Crippen LogP) is 4.24. The monoisotopic (exact) mass is 385 g/mol. The van der Waals surface area contributed by atoms with E-state index in [9.17, 15) is 4.79 Å². The summed E-state index contributed by atoms with van der Waals surface area (Å²) in [6.45, 7) is 0. The maximum Gasteiger partial charge on any atom is 0.229 e. The summed E-state index contributed by atoms with van der Waals surface area (Å²) in [4.78, 5) is 19.9. The lowest BCUT2D eigenvalue weighted by Gasteiger charge is -2.04.